The zero-order valence-corrected chi connectivity index (χ0v) is 15.9. The van der Waals surface area contributed by atoms with E-state index in [1.54, 1.807) is 19.2 Å². The van der Waals surface area contributed by atoms with Gasteiger partial charge in [-0.2, -0.15) is 0 Å². The van der Waals surface area contributed by atoms with Gasteiger partial charge >= 0.3 is 0 Å². The van der Waals surface area contributed by atoms with Crippen molar-refractivity contribution in [3.63, 3.8) is 0 Å². The van der Waals surface area contributed by atoms with E-state index in [-0.39, 0.29) is 28.2 Å². The number of fused-ring (bicyclic) bond motifs is 1. The van der Waals surface area contributed by atoms with Crippen LogP contribution in [0.4, 0.5) is 14.5 Å². The number of rotatable bonds is 3. The van der Waals surface area contributed by atoms with Gasteiger partial charge in [0.1, 0.15) is 15.6 Å². The minimum Gasteiger partial charge on any atom is -0.345 e. The zero-order valence-electron chi connectivity index (χ0n) is 15.0. The molecule has 0 aliphatic carbocycles. The van der Waals surface area contributed by atoms with Crippen LogP contribution < -0.4 is 10.0 Å². The van der Waals surface area contributed by atoms with Crippen LogP contribution in [-0.2, 0) is 17.0 Å². The summed E-state index contributed by atoms with van der Waals surface area (Å²) in [4.78, 5) is 13.0. The van der Waals surface area contributed by atoms with Crippen molar-refractivity contribution in [3.8, 4) is 0 Å². The Hall–Kier alpha value is -2.52. The fraction of sp³-hybridized carbons (Fsp3) is 0.278. The number of amides is 1. The van der Waals surface area contributed by atoms with E-state index in [2.05, 4.69) is 10.0 Å². The van der Waals surface area contributed by atoms with Gasteiger partial charge in [0.15, 0.2) is 11.6 Å². The first-order chi connectivity index (χ1) is 12.6. The van der Waals surface area contributed by atoms with E-state index in [1.807, 2.05) is 13.8 Å². The number of hydrogen-bond donors (Lipinski definition) is 3. The lowest BCUT2D eigenvalue weighted by Crippen LogP contribution is -2.35. The normalized spacial score (nSPS) is 21.8. The minimum atomic E-state index is -3.32. The van der Waals surface area contributed by atoms with Crippen molar-refractivity contribution in [2.75, 3.05) is 5.32 Å². The standard InChI is InChI=1S/C18H20F2N4O2S/c1-10(2)15-7-5-12-16(27(21,26)23-15)9-24(3)17(12)18(25)22-11-4-6-13(19)14(20)8-11/h4-10,15H,1-3H3,(H,22,25)(H2,21,23,26)/t15-,27?/m0/s1. The van der Waals surface area contributed by atoms with Crippen LogP contribution in [0.2, 0.25) is 0 Å². The molecule has 0 bridgehead atoms. The minimum absolute atomic E-state index is 0.0937. The van der Waals surface area contributed by atoms with Gasteiger partial charge in [-0.1, -0.05) is 26.0 Å². The third-order valence-corrected chi connectivity index (χ3v) is 5.93. The fourth-order valence-corrected chi connectivity index (χ4v) is 4.55. The number of aromatic nitrogens is 1. The maximum atomic E-state index is 13.4. The number of nitrogens with one attached hydrogen (secondary N) is 3. The first kappa shape index (κ1) is 19.2. The average Bonchev–Trinajstić information content (AvgIpc) is 2.85. The van der Waals surface area contributed by atoms with Gasteiger partial charge in [-0.15, -0.1) is 0 Å². The molecule has 27 heavy (non-hydrogen) atoms. The van der Waals surface area contributed by atoms with Crippen molar-refractivity contribution >= 4 is 27.6 Å². The van der Waals surface area contributed by atoms with E-state index < -0.39 is 27.5 Å². The Morgan fingerprint density at radius 3 is 2.67 bits per heavy atom. The lowest BCUT2D eigenvalue weighted by Gasteiger charge is -2.18. The Kier molecular flexibility index (Phi) is 4.92. The van der Waals surface area contributed by atoms with Gasteiger partial charge in [0.25, 0.3) is 5.91 Å². The van der Waals surface area contributed by atoms with Crippen molar-refractivity contribution in [2.45, 2.75) is 24.8 Å². The van der Waals surface area contributed by atoms with Crippen LogP contribution >= 0.6 is 0 Å². The van der Waals surface area contributed by atoms with Crippen molar-refractivity contribution < 1.29 is 17.8 Å². The Morgan fingerprint density at radius 2 is 2.04 bits per heavy atom. The molecule has 2 aromatic rings. The molecular formula is C18H20F2N4O2S. The SMILES string of the molecule is CC(C)[C@@H]1C=Cc2c(cn(C)c2C(=O)Nc2ccc(F)c(F)c2)S(=N)(=O)N1. The molecule has 3 rings (SSSR count). The van der Waals surface area contributed by atoms with Crippen molar-refractivity contribution in [3.05, 3.63) is 53.4 Å². The Morgan fingerprint density at radius 1 is 1.33 bits per heavy atom. The molecule has 1 aliphatic heterocycles. The van der Waals surface area contributed by atoms with Crippen LogP contribution in [0.5, 0.6) is 0 Å². The highest BCUT2D eigenvalue weighted by atomic mass is 32.2. The predicted octanol–water partition coefficient (Wildman–Crippen LogP) is 3.52. The number of halogens is 2. The summed E-state index contributed by atoms with van der Waals surface area (Å²) >= 11 is 0. The van der Waals surface area contributed by atoms with Gasteiger partial charge < -0.3 is 9.88 Å². The van der Waals surface area contributed by atoms with Crippen LogP contribution in [0.25, 0.3) is 6.08 Å². The summed E-state index contributed by atoms with van der Waals surface area (Å²) in [7, 11) is -1.72. The topological polar surface area (TPSA) is 87.0 Å². The average molecular weight is 394 g/mol. The molecule has 1 amide bonds. The lowest BCUT2D eigenvalue weighted by atomic mass is 10.0. The molecule has 144 valence electrons. The second kappa shape index (κ2) is 6.90. The Labute approximate surface area is 156 Å². The predicted molar refractivity (Wildman–Crippen MR) is 99.6 cm³/mol. The highest BCUT2D eigenvalue weighted by molar-refractivity contribution is 7.90. The van der Waals surface area contributed by atoms with Crippen molar-refractivity contribution in [1.29, 1.82) is 4.78 Å². The molecule has 2 heterocycles. The Balaban J connectivity index is 2.03. The Bertz CT molecular complexity index is 1040. The van der Waals surface area contributed by atoms with E-state index in [1.165, 1.54) is 16.8 Å². The molecule has 3 N–H and O–H groups in total. The molecule has 1 aromatic carbocycles. The number of anilines is 1. The van der Waals surface area contributed by atoms with E-state index in [0.29, 0.717) is 5.56 Å². The summed E-state index contributed by atoms with van der Waals surface area (Å²) in [5.74, 6) is -2.56. The summed E-state index contributed by atoms with van der Waals surface area (Å²) < 4.78 is 51.9. The molecule has 0 fully saturated rings. The van der Waals surface area contributed by atoms with E-state index >= 15 is 0 Å². The second-order valence-electron chi connectivity index (χ2n) is 6.75. The molecule has 1 aliphatic rings. The van der Waals surface area contributed by atoms with Crippen LogP contribution in [0.3, 0.4) is 0 Å². The number of aryl methyl sites for hydroxylation is 1. The van der Waals surface area contributed by atoms with Crippen molar-refractivity contribution in [2.24, 2.45) is 13.0 Å². The van der Waals surface area contributed by atoms with Gasteiger partial charge in [-0.25, -0.2) is 22.5 Å². The third-order valence-electron chi connectivity index (χ3n) is 4.38. The molecule has 1 unspecified atom stereocenters. The van der Waals surface area contributed by atoms with E-state index in [9.17, 15) is 17.8 Å². The summed E-state index contributed by atoms with van der Waals surface area (Å²) in [6.07, 6.45) is 4.93. The molecule has 0 spiro atoms. The first-order valence-corrected chi connectivity index (χ1v) is 9.86. The molecule has 1 aromatic heterocycles. The van der Waals surface area contributed by atoms with E-state index in [4.69, 9.17) is 4.78 Å². The molecule has 0 radical (unpaired) electrons. The zero-order chi connectivity index (χ0) is 19.9. The van der Waals surface area contributed by atoms with Crippen molar-refractivity contribution in [1.82, 2.24) is 9.29 Å². The van der Waals surface area contributed by atoms with Crippen LogP contribution in [-0.4, -0.2) is 20.7 Å². The molecule has 9 heteroatoms. The maximum Gasteiger partial charge on any atom is 0.272 e. The van der Waals surface area contributed by atoms with Gasteiger partial charge in [-0.3, -0.25) is 4.79 Å². The number of benzene rings is 1. The van der Waals surface area contributed by atoms with E-state index in [0.717, 1.165) is 12.1 Å². The molecule has 0 saturated carbocycles. The summed E-state index contributed by atoms with van der Waals surface area (Å²) in [5, 5.41) is 2.51. The fourth-order valence-electron chi connectivity index (χ4n) is 2.91. The second-order valence-corrected chi connectivity index (χ2v) is 8.54. The summed E-state index contributed by atoms with van der Waals surface area (Å²) in [5.41, 5.74) is 0.640. The number of carbonyl (C=O) groups excluding carboxylic acids is 1. The molecule has 2 atom stereocenters. The maximum absolute atomic E-state index is 13.4. The molecule has 0 saturated heterocycles. The summed E-state index contributed by atoms with van der Waals surface area (Å²) in [6, 6.07) is 2.77. The molecule has 6 nitrogen and oxygen atoms in total. The first-order valence-electron chi connectivity index (χ1n) is 8.30. The van der Waals surface area contributed by atoms with Crippen LogP contribution in [0.1, 0.15) is 29.9 Å². The quantitative estimate of drug-likeness (QED) is 0.744. The van der Waals surface area contributed by atoms with Gasteiger partial charge in [0.05, 0.1) is 4.90 Å². The highest BCUT2D eigenvalue weighted by Crippen LogP contribution is 2.28. The van der Waals surface area contributed by atoms with Gasteiger partial charge in [0, 0.05) is 36.6 Å². The lowest BCUT2D eigenvalue weighted by molar-refractivity contribution is 0.101. The number of hydrogen-bond acceptors (Lipinski definition) is 3. The van der Waals surface area contributed by atoms with Crippen LogP contribution in [0, 0.1) is 22.3 Å². The monoisotopic (exact) mass is 394 g/mol. The van der Waals surface area contributed by atoms with Gasteiger partial charge in [0.2, 0.25) is 0 Å². The largest absolute Gasteiger partial charge is 0.345 e. The molecular weight excluding hydrogens is 374 g/mol. The van der Waals surface area contributed by atoms with Crippen LogP contribution in [0.15, 0.2) is 35.4 Å². The number of carbonyl (C=O) groups is 1. The van der Waals surface area contributed by atoms with Gasteiger partial charge in [-0.05, 0) is 18.1 Å². The third kappa shape index (κ3) is 3.65. The smallest absolute Gasteiger partial charge is 0.272 e. The number of nitrogens with zero attached hydrogens (tertiary/aromatic N) is 1. The summed E-state index contributed by atoms with van der Waals surface area (Å²) in [6.45, 7) is 3.87. The highest BCUT2D eigenvalue weighted by Gasteiger charge is 2.29.